The van der Waals surface area contributed by atoms with E-state index in [4.69, 9.17) is 4.74 Å². The van der Waals surface area contributed by atoms with Gasteiger partial charge in [0.15, 0.2) is 11.6 Å². The SMILES string of the molecule is C=C(/C=C\C(=C)C(=C)/C(F)=C\C(=C)OC)/C=C/c1ccc(-c2ccc(O)cc2)c(F)c1F. The third-order valence-electron chi connectivity index (χ3n) is 4.49. The first-order valence-electron chi connectivity index (χ1n) is 9.45. The first-order valence-corrected chi connectivity index (χ1v) is 9.45. The van der Waals surface area contributed by atoms with Crippen molar-refractivity contribution in [1.82, 2.24) is 0 Å². The minimum absolute atomic E-state index is 0.0335. The summed E-state index contributed by atoms with van der Waals surface area (Å²) in [6.45, 7) is 14.7. The molecule has 164 valence electrons. The Morgan fingerprint density at radius 2 is 1.56 bits per heavy atom. The second-order valence-corrected chi connectivity index (χ2v) is 6.79. The molecule has 0 aliphatic carbocycles. The largest absolute Gasteiger partial charge is 0.508 e. The van der Waals surface area contributed by atoms with Gasteiger partial charge in [-0.25, -0.2) is 13.2 Å². The maximum atomic E-state index is 14.5. The highest BCUT2D eigenvalue weighted by molar-refractivity contribution is 5.68. The molecule has 0 saturated carbocycles. The van der Waals surface area contributed by atoms with Gasteiger partial charge >= 0.3 is 0 Å². The van der Waals surface area contributed by atoms with Crippen molar-refractivity contribution >= 4 is 6.08 Å². The van der Waals surface area contributed by atoms with Gasteiger partial charge in [0.05, 0.1) is 7.11 Å². The van der Waals surface area contributed by atoms with Crippen molar-refractivity contribution < 1.29 is 23.0 Å². The zero-order valence-electron chi connectivity index (χ0n) is 17.7. The summed E-state index contributed by atoms with van der Waals surface area (Å²) >= 11 is 0. The second kappa shape index (κ2) is 10.9. The smallest absolute Gasteiger partial charge is 0.167 e. The first-order chi connectivity index (χ1) is 15.1. The van der Waals surface area contributed by atoms with Crippen LogP contribution in [0.4, 0.5) is 13.2 Å². The second-order valence-electron chi connectivity index (χ2n) is 6.79. The Bertz CT molecular complexity index is 1150. The van der Waals surface area contributed by atoms with Gasteiger partial charge in [-0.2, -0.15) is 0 Å². The van der Waals surface area contributed by atoms with Crippen LogP contribution in [0.2, 0.25) is 0 Å². The lowest BCUT2D eigenvalue weighted by Crippen LogP contribution is -1.93. The van der Waals surface area contributed by atoms with Gasteiger partial charge in [0.25, 0.3) is 0 Å². The third kappa shape index (κ3) is 6.25. The molecule has 0 radical (unpaired) electrons. The highest BCUT2D eigenvalue weighted by atomic mass is 19.2. The van der Waals surface area contributed by atoms with Gasteiger partial charge in [-0.1, -0.05) is 74.9 Å². The molecule has 32 heavy (non-hydrogen) atoms. The van der Waals surface area contributed by atoms with Gasteiger partial charge in [0.2, 0.25) is 0 Å². The number of rotatable bonds is 9. The van der Waals surface area contributed by atoms with Crippen molar-refractivity contribution in [2.75, 3.05) is 7.11 Å². The molecule has 0 spiro atoms. The molecule has 0 atom stereocenters. The minimum Gasteiger partial charge on any atom is -0.508 e. The lowest BCUT2D eigenvalue weighted by atomic mass is 10.0. The molecule has 5 heteroatoms. The Morgan fingerprint density at radius 3 is 2.19 bits per heavy atom. The number of ether oxygens (including phenoxy) is 1. The van der Waals surface area contributed by atoms with Crippen LogP contribution in [-0.2, 0) is 4.74 Å². The molecule has 0 amide bonds. The minimum atomic E-state index is -1.01. The summed E-state index contributed by atoms with van der Waals surface area (Å²) in [5.41, 5.74) is 1.36. The molecule has 0 fully saturated rings. The average molecular weight is 436 g/mol. The van der Waals surface area contributed by atoms with Crippen molar-refractivity contribution in [1.29, 1.82) is 0 Å². The first kappa shape index (κ1) is 24.3. The normalized spacial score (nSPS) is 11.7. The molecule has 1 N–H and O–H groups in total. The molecule has 0 aromatic heterocycles. The van der Waals surface area contributed by atoms with E-state index in [1.165, 1.54) is 61.7 Å². The van der Waals surface area contributed by atoms with E-state index in [0.29, 0.717) is 16.7 Å². The van der Waals surface area contributed by atoms with E-state index in [-0.39, 0.29) is 28.2 Å². The van der Waals surface area contributed by atoms with E-state index in [2.05, 4.69) is 26.3 Å². The molecular formula is C27H23F3O2. The van der Waals surface area contributed by atoms with Crippen LogP contribution in [0.1, 0.15) is 5.56 Å². The molecule has 0 unspecified atom stereocenters. The molecule has 0 aliphatic rings. The van der Waals surface area contributed by atoms with Crippen molar-refractivity contribution in [3.63, 3.8) is 0 Å². The highest BCUT2D eigenvalue weighted by Crippen LogP contribution is 2.28. The zero-order chi connectivity index (χ0) is 23.8. The number of halogens is 3. The van der Waals surface area contributed by atoms with Crippen LogP contribution >= 0.6 is 0 Å². The van der Waals surface area contributed by atoms with E-state index in [0.717, 1.165) is 6.08 Å². The van der Waals surface area contributed by atoms with Crippen molar-refractivity contribution in [2.24, 2.45) is 0 Å². The van der Waals surface area contributed by atoms with Gasteiger partial charge in [-0.05, 0) is 28.8 Å². The molecular weight excluding hydrogens is 413 g/mol. The van der Waals surface area contributed by atoms with Crippen molar-refractivity contribution in [3.05, 3.63) is 133 Å². The maximum absolute atomic E-state index is 14.5. The number of aromatic hydroxyl groups is 1. The molecule has 2 rings (SSSR count). The number of phenols is 1. The predicted molar refractivity (Wildman–Crippen MR) is 124 cm³/mol. The fraction of sp³-hybridized carbons (Fsp3) is 0.0370. The molecule has 2 aromatic carbocycles. The summed E-state index contributed by atoms with van der Waals surface area (Å²) in [5, 5.41) is 9.34. The van der Waals surface area contributed by atoms with Gasteiger partial charge in [0.1, 0.15) is 17.3 Å². The zero-order valence-corrected chi connectivity index (χ0v) is 17.7. The Labute approximate surface area is 186 Å². The van der Waals surface area contributed by atoms with Crippen molar-refractivity contribution in [2.45, 2.75) is 0 Å². The topological polar surface area (TPSA) is 29.5 Å². The summed E-state index contributed by atoms with van der Waals surface area (Å²) in [6.07, 6.45) is 7.01. The Hall–Kier alpha value is -3.99. The quantitative estimate of drug-likeness (QED) is 0.324. The standard InChI is InChI=1S/C27H23F3O2/c1-17(6-8-18(2)20(4)25(28)16-19(3)32-5)7-9-22-12-15-24(27(30)26(22)29)21-10-13-23(31)14-11-21/h6-16,31H,1-4H2,5H3/b8-6-,9-7+,25-16+. The van der Waals surface area contributed by atoms with Gasteiger partial charge in [0, 0.05) is 22.8 Å². The Morgan fingerprint density at radius 1 is 0.906 bits per heavy atom. The monoisotopic (exact) mass is 436 g/mol. The van der Waals surface area contributed by atoms with E-state index in [9.17, 15) is 18.3 Å². The molecule has 2 nitrogen and oxygen atoms in total. The summed E-state index contributed by atoms with van der Waals surface area (Å²) in [4.78, 5) is 0. The number of phenolic OH excluding ortho intramolecular Hbond substituents is 1. The summed E-state index contributed by atoms with van der Waals surface area (Å²) < 4.78 is 47.9. The van der Waals surface area contributed by atoms with Crippen LogP contribution in [0, 0.1) is 11.6 Å². The molecule has 2 aromatic rings. The van der Waals surface area contributed by atoms with Crippen LogP contribution in [0.3, 0.4) is 0 Å². The molecule has 0 aliphatic heterocycles. The predicted octanol–water partition coefficient (Wildman–Crippen LogP) is 7.59. The molecule has 0 heterocycles. The fourth-order valence-corrected chi connectivity index (χ4v) is 2.56. The number of hydrogen-bond acceptors (Lipinski definition) is 2. The number of hydrogen-bond donors (Lipinski definition) is 1. The summed E-state index contributed by atoms with van der Waals surface area (Å²) in [7, 11) is 1.37. The van der Waals surface area contributed by atoms with Gasteiger partial charge < -0.3 is 9.84 Å². The maximum Gasteiger partial charge on any atom is 0.167 e. The van der Waals surface area contributed by atoms with Crippen LogP contribution in [0.25, 0.3) is 17.2 Å². The number of allylic oxidation sites excluding steroid dienone is 8. The Balaban J connectivity index is 2.12. The van der Waals surface area contributed by atoms with Crippen LogP contribution in [-0.4, -0.2) is 12.2 Å². The van der Waals surface area contributed by atoms with E-state index >= 15 is 0 Å². The highest BCUT2D eigenvalue weighted by Gasteiger charge is 2.13. The molecule has 0 saturated heterocycles. The lowest BCUT2D eigenvalue weighted by molar-refractivity contribution is 0.307. The van der Waals surface area contributed by atoms with Crippen LogP contribution in [0.5, 0.6) is 5.75 Å². The van der Waals surface area contributed by atoms with Gasteiger partial charge in [-0.15, -0.1) is 0 Å². The van der Waals surface area contributed by atoms with E-state index in [1.54, 1.807) is 6.08 Å². The van der Waals surface area contributed by atoms with Crippen LogP contribution < -0.4 is 0 Å². The van der Waals surface area contributed by atoms with Crippen LogP contribution in [0.15, 0.2) is 115 Å². The molecule has 0 bridgehead atoms. The number of benzene rings is 2. The average Bonchev–Trinajstić information content (AvgIpc) is 2.78. The summed E-state index contributed by atoms with van der Waals surface area (Å²) in [6, 6.07) is 8.69. The third-order valence-corrected chi connectivity index (χ3v) is 4.49. The van der Waals surface area contributed by atoms with Gasteiger partial charge in [-0.3, -0.25) is 0 Å². The Kier molecular flexibility index (Phi) is 8.24. The lowest BCUT2D eigenvalue weighted by Gasteiger charge is -2.07. The van der Waals surface area contributed by atoms with Crippen molar-refractivity contribution in [3.8, 4) is 16.9 Å². The fourth-order valence-electron chi connectivity index (χ4n) is 2.56. The number of methoxy groups -OCH3 is 1. The van der Waals surface area contributed by atoms with E-state index in [1.807, 2.05) is 0 Å². The van der Waals surface area contributed by atoms with E-state index < -0.39 is 17.5 Å². The summed E-state index contributed by atoms with van der Waals surface area (Å²) in [5.74, 6) is -2.47.